The van der Waals surface area contributed by atoms with E-state index in [0.29, 0.717) is 27.8 Å². The molecule has 29 heavy (non-hydrogen) atoms. The van der Waals surface area contributed by atoms with E-state index in [2.05, 4.69) is 0 Å². The van der Waals surface area contributed by atoms with Crippen LogP contribution in [0.3, 0.4) is 0 Å². The van der Waals surface area contributed by atoms with Gasteiger partial charge in [0.15, 0.2) is 9.84 Å². The van der Waals surface area contributed by atoms with E-state index >= 15 is 0 Å². The summed E-state index contributed by atoms with van der Waals surface area (Å²) in [5.74, 6) is -0.384. The van der Waals surface area contributed by atoms with Crippen molar-refractivity contribution in [1.82, 2.24) is 4.57 Å². The van der Waals surface area contributed by atoms with Crippen LogP contribution in [0.25, 0.3) is 22.0 Å². The number of sulfone groups is 1. The Labute approximate surface area is 167 Å². The molecule has 0 spiro atoms. The Morgan fingerprint density at radius 3 is 2.66 bits per heavy atom. The number of pyridine rings is 1. The second-order valence-electron chi connectivity index (χ2n) is 6.63. The molecule has 150 valence electrons. The number of hydrogen-bond acceptors (Lipinski definition) is 6. The maximum Gasteiger partial charge on any atom is 0.344 e. The molecule has 0 amide bonds. The van der Waals surface area contributed by atoms with Gasteiger partial charge in [0.1, 0.15) is 11.3 Å². The van der Waals surface area contributed by atoms with Crippen molar-refractivity contribution in [3.8, 4) is 16.9 Å². The zero-order valence-corrected chi connectivity index (χ0v) is 16.8. The first-order chi connectivity index (χ1) is 13.9. The maximum atomic E-state index is 13.3. The highest BCUT2D eigenvalue weighted by Crippen LogP contribution is 2.36. The van der Waals surface area contributed by atoms with Gasteiger partial charge in [0.25, 0.3) is 5.56 Å². The van der Waals surface area contributed by atoms with E-state index in [1.165, 1.54) is 17.7 Å². The average molecular weight is 413 g/mol. The third-order valence-corrected chi connectivity index (χ3v) is 6.72. The Morgan fingerprint density at radius 2 is 1.93 bits per heavy atom. The molecular weight excluding hydrogens is 394 g/mol. The van der Waals surface area contributed by atoms with Gasteiger partial charge in [-0.25, -0.2) is 13.2 Å². The van der Waals surface area contributed by atoms with E-state index in [4.69, 9.17) is 9.47 Å². The highest BCUT2D eigenvalue weighted by atomic mass is 32.2. The van der Waals surface area contributed by atoms with Gasteiger partial charge in [0, 0.05) is 17.5 Å². The summed E-state index contributed by atoms with van der Waals surface area (Å²) >= 11 is 0. The van der Waals surface area contributed by atoms with Crippen molar-refractivity contribution >= 4 is 26.7 Å². The summed E-state index contributed by atoms with van der Waals surface area (Å²) in [4.78, 5) is 26.2. The molecule has 0 bridgehead atoms. The van der Waals surface area contributed by atoms with Crippen LogP contribution in [0.4, 0.5) is 0 Å². The normalized spacial score (nSPS) is 14.6. The molecule has 0 N–H and O–H groups in total. The zero-order chi connectivity index (χ0) is 20.8. The van der Waals surface area contributed by atoms with Crippen molar-refractivity contribution < 1.29 is 22.7 Å². The van der Waals surface area contributed by atoms with Gasteiger partial charge in [-0.15, -0.1) is 0 Å². The van der Waals surface area contributed by atoms with Gasteiger partial charge in [0.2, 0.25) is 0 Å². The van der Waals surface area contributed by atoms with Crippen LogP contribution in [-0.4, -0.2) is 38.4 Å². The predicted octanol–water partition coefficient (Wildman–Crippen LogP) is 2.64. The van der Waals surface area contributed by atoms with Crippen LogP contribution in [0.2, 0.25) is 0 Å². The van der Waals surface area contributed by atoms with Gasteiger partial charge < -0.3 is 14.0 Å². The molecule has 0 unspecified atom stereocenters. The fourth-order valence-corrected chi connectivity index (χ4v) is 5.18. The molecule has 1 aliphatic heterocycles. The Bertz CT molecular complexity index is 1310. The number of para-hydroxylation sites is 1. The molecular formula is C21H19NO6S. The number of aryl methyl sites for hydroxylation is 1. The average Bonchev–Trinajstić information content (AvgIpc) is 2.71. The van der Waals surface area contributed by atoms with Crippen molar-refractivity contribution in [2.45, 2.75) is 18.4 Å². The van der Waals surface area contributed by atoms with E-state index in [1.54, 1.807) is 43.3 Å². The van der Waals surface area contributed by atoms with E-state index in [1.807, 2.05) is 0 Å². The van der Waals surface area contributed by atoms with Crippen LogP contribution in [-0.2, 0) is 21.1 Å². The van der Waals surface area contributed by atoms with E-state index < -0.39 is 21.4 Å². The fraction of sp³-hybridized carbons (Fsp3) is 0.238. The highest BCUT2D eigenvalue weighted by Gasteiger charge is 2.31. The number of rotatable bonds is 4. The van der Waals surface area contributed by atoms with Crippen LogP contribution in [0.15, 0.2) is 52.2 Å². The second kappa shape index (κ2) is 7.04. The fourth-order valence-electron chi connectivity index (χ4n) is 3.74. The summed E-state index contributed by atoms with van der Waals surface area (Å²) < 4.78 is 37.0. The first-order valence-corrected chi connectivity index (χ1v) is 10.8. The Hall–Kier alpha value is -3.13. The number of aromatic nitrogens is 1. The van der Waals surface area contributed by atoms with E-state index in [9.17, 15) is 18.0 Å². The van der Waals surface area contributed by atoms with Crippen LogP contribution >= 0.6 is 0 Å². The molecule has 3 aromatic rings. The number of methoxy groups -OCH3 is 1. The molecule has 0 saturated carbocycles. The highest BCUT2D eigenvalue weighted by molar-refractivity contribution is 7.91. The van der Waals surface area contributed by atoms with Crippen LogP contribution in [0.1, 0.15) is 17.3 Å². The molecule has 2 aromatic carbocycles. The lowest BCUT2D eigenvalue weighted by molar-refractivity contribution is 0.0524. The van der Waals surface area contributed by atoms with Gasteiger partial charge in [-0.3, -0.25) is 4.79 Å². The predicted molar refractivity (Wildman–Crippen MR) is 108 cm³/mol. The summed E-state index contributed by atoms with van der Waals surface area (Å²) in [5, 5.41) is 0.502. The molecule has 2 heterocycles. The number of carbonyl (C=O) groups is 1. The van der Waals surface area contributed by atoms with Gasteiger partial charge in [-0.05, 0) is 30.7 Å². The van der Waals surface area contributed by atoms with Crippen molar-refractivity contribution in [3.63, 3.8) is 0 Å². The topological polar surface area (TPSA) is 91.7 Å². The number of carbonyl (C=O) groups excluding carboxylic acids is 1. The summed E-state index contributed by atoms with van der Waals surface area (Å²) in [6.07, 6.45) is 0. The van der Waals surface area contributed by atoms with Crippen molar-refractivity contribution in [2.24, 2.45) is 0 Å². The molecule has 0 aliphatic carbocycles. The molecule has 1 aromatic heterocycles. The Kier molecular flexibility index (Phi) is 4.66. The molecule has 7 nitrogen and oxygen atoms in total. The van der Waals surface area contributed by atoms with Gasteiger partial charge in [0.05, 0.1) is 29.9 Å². The minimum atomic E-state index is -3.52. The molecule has 1 aliphatic rings. The zero-order valence-electron chi connectivity index (χ0n) is 16.0. The smallest absolute Gasteiger partial charge is 0.344 e. The molecule has 0 fully saturated rings. The lowest BCUT2D eigenvalue weighted by Crippen LogP contribution is -2.34. The third kappa shape index (κ3) is 3.00. The standard InChI is InChI=1S/C21H19NO6S/c1-3-28-21(24)18-17(13-6-4-7-14(12-13)27-2)15-8-5-9-16-19(15)22(20(18)23)10-11-29(16,25)26/h4-9,12H,3,10-11H2,1-2H3. The monoisotopic (exact) mass is 413 g/mol. The van der Waals surface area contributed by atoms with Gasteiger partial charge in [-0.2, -0.15) is 0 Å². The summed E-state index contributed by atoms with van der Waals surface area (Å²) in [6, 6.07) is 11.8. The van der Waals surface area contributed by atoms with Crippen LogP contribution in [0, 0.1) is 0 Å². The first-order valence-electron chi connectivity index (χ1n) is 9.13. The van der Waals surface area contributed by atoms with Gasteiger partial charge in [-0.1, -0.05) is 24.3 Å². The van der Waals surface area contributed by atoms with E-state index in [0.717, 1.165) is 0 Å². The van der Waals surface area contributed by atoms with Crippen LogP contribution < -0.4 is 10.3 Å². The lowest BCUT2D eigenvalue weighted by Gasteiger charge is -2.23. The third-order valence-electron chi connectivity index (χ3n) is 5.00. The lowest BCUT2D eigenvalue weighted by atomic mass is 9.95. The number of ether oxygens (including phenoxy) is 2. The second-order valence-corrected chi connectivity index (χ2v) is 8.71. The SMILES string of the molecule is CCOC(=O)c1c(-c2cccc(OC)c2)c2cccc3c2n(c1=O)CCS3(=O)=O. The first kappa shape index (κ1) is 19.2. The number of nitrogens with zero attached hydrogens (tertiary/aromatic N) is 1. The molecule has 4 rings (SSSR count). The van der Waals surface area contributed by atoms with Crippen LogP contribution in [0.5, 0.6) is 5.75 Å². The minimum absolute atomic E-state index is 0.0144. The molecule has 0 atom stereocenters. The van der Waals surface area contributed by atoms with E-state index in [-0.39, 0.29) is 29.4 Å². The molecule has 0 saturated heterocycles. The number of benzene rings is 2. The molecule has 0 radical (unpaired) electrons. The number of esters is 1. The van der Waals surface area contributed by atoms with Crippen molar-refractivity contribution in [3.05, 3.63) is 58.4 Å². The minimum Gasteiger partial charge on any atom is -0.497 e. The summed E-state index contributed by atoms with van der Waals surface area (Å²) in [6.45, 7) is 1.76. The summed E-state index contributed by atoms with van der Waals surface area (Å²) in [5.41, 5.74) is 0.559. The maximum absolute atomic E-state index is 13.3. The van der Waals surface area contributed by atoms with Crippen molar-refractivity contribution in [2.75, 3.05) is 19.5 Å². The summed E-state index contributed by atoms with van der Waals surface area (Å²) in [7, 11) is -2.00. The molecule has 8 heteroatoms. The van der Waals surface area contributed by atoms with Gasteiger partial charge >= 0.3 is 5.97 Å². The Balaban J connectivity index is 2.21. The largest absolute Gasteiger partial charge is 0.497 e. The number of hydrogen-bond donors (Lipinski definition) is 0. The Morgan fingerprint density at radius 1 is 1.17 bits per heavy atom. The van der Waals surface area contributed by atoms with Crippen molar-refractivity contribution in [1.29, 1.82) is 0 Å². The quantitative estimate of drug-likeness (QED) is 0.611.